The quantitative estimate of drug-likeness (QED) is 0.682. The number of sulfone groups is 1. The van der Waals surface area contributed by atoms with Gasteiger partial charge in [-0.1, -0.05) is 0 Å². The summed E-state index contributed by atoms with van der Waals surface area (Å²) in [6.07, 6.45) is 2.73. The highest BCUT2D eigenvalue weighted by Gasteiger charge is 2.29. The molecule has 0 aromatic carbocycles. The fourth-order valence-electron chi connectivity index (χ4n) is 2.54. The molecular weight excluding hydrogens is 278 g/mol. The Balaban J connectivity index is 1.69. The standard InChI is InChI=1S/C13H25N3O3S/c1-10(16(2)12-3-4-12)8-15-13(17)7-11-9-20(18,19)6-5-14-11/h10-12,14H,3-9H2,1-2H3,(H,15,17). The largest absolute Gasteiger partial charge is 0.354 e. The number of likely N-dealkylation sites (N-methyl/N-ethyl adjacent to an activating group) is 1. The number of hydrogen-bond donors (Lipinski definition) is 2. The van der Waals surface area contributed by atoms with E-state index in [2.05, 4.69) is 29.5 Å². The average Bonchev–Trinajstić information content (AvgIpc) is 3.18. The Morgan fingerprint density at radius 2 is 2.15 bits per heavy atom. The van der Waals surface area contributed by atoms with Gasteiger partial charge in [-0.05, 0) is 26.8 Å². The third-order valence-corrected chi connectivity index (χ3v) is 5.88. The van der Waals surface area contributed by atoms with Gasteiger partial charge < -0.3 is 10.6 Å². The van der Waals surface area contributed by atoms with Crippen LogP contribution in [0.2, 0.25) is 0 Å². The normalized spacial score (nSPS) is 27.2. The van der Waals surface area contributed by atoms with Crippen molar-refractivity contribution in [2.24, 2.45) is 0 Å². The molecule has 0 radical (unpaired) electrons. The van der Waals surface area contributed by atoms with E-state index in [0.29, 0.717) is 25.2 Å². The predicted molar refractivity (Wildman–Crippen MR) is 78.3 cm³/mol. The van der Waals surface area contributed by atoms with E-state index in [-0.39, 0.29) is 29.9 Å². The molecular formula is C13H25N3O3S. The van der Waals surface area contributed by atoms with Gasteiger partial charge in [-0.25, -0.2) is 8.42 Å². The first-order chi connectivity index (χ1) is 9.37. The molecule has 1 saturated carbocycles. The van der Waals surface area contributed by atoms with Crippen LogP contribution in [0.1, 0.15) is 26.2 Å². The minimum absolute atomic E-state index is 0.0674. The summed E-state index contributed by atoms with van der Waals surface area (Å²) in [6.45, 7) is 3.16. The highest BCUT2D eigenvalue weighted by molar-refractivity contribution is 7.91. The number of rotatable bonds is 6. The van der Waals surface area contributed by atoms with Crippen LogP contribution < -0.4 is 10.6 Å². The van der Waals surface area contributed by atoms with E-state index in [1.165, 1.54) is 12.8 Å². The molecule has 7 heteroatoms. The van der Waals surface area contributed by atoms with E-state index >= 15 is 0 Å². The monoisotopic (exact) mass is 303 g/mol. The highest BCUT2D eigenvalue weighted by Crippen LogP contribution is 2.26. The molecule has 1 amide bonds. The minimum Gasteiger partial charge on any atom is -0.354 e. The third-order valence-electron chi connectivity index (χ3n) is 4.15. The fourth-order valence-corrected chi connectivity index (χ4v) is 3.99. The lowest BCUT2D eigenvalue weighted by Crippen LogP contribution is -2.48. The average molecular weight is 303 g/mol. The Labute approximate surface area is 121 Å². The van der Waals surface area contributed by atoms with Gasteiger partial charge >= 0.3 is 0 Å². The van der Waals surface area contributed by atoms with Crippen LogP contribution in [-0.2, 0) is 14.6 Å². The minimum atomic E-state index is -2.98. The van der Waals surface area contributed by atoms with Crippen molar-refractivity contribution < 1.29 is 13.2 Å². The number of nitrogens with zero attached hydrogens (tertiary/aromatic N) is 1. The van der Waals surface area contributed by atoms with Crippen molar-refractivity contribution in [1.29, 1.82) is 0 Å². The second kappa shape index (κ2) is 6.41. The molecule has 1 aliphatic carbocycles. The van der Waals surface area contributed by atoms with Crippen LogP contribution in [0.5, 0.6) is 0 Å². The first kappa shape index (κ1) is 15.7. The summed E-state index contributed by atoms with van der Waals surface area (Å²) >= 11 is 0. The molecule has 116 valence electrons. The summed E-state index contributed by atoms with van der Waals surface area (Å²) in [5.41, 5.74) is 0. The van der Waals surface area contributed by atoms with E-state index in [1.54, 1.807) is 0 Å². The smallest absolute Gasteiger partial charge is 0.221 e. The summed E-state index contributed by atoms with van der Waals surface area (Å²) in [7, 11) is -0.889. The number of amides is 1. The molecule has 2 fully saturated rings. The van der Waals surface area contributed by atoms with Crippen LogP contribution in [0.25, 0.3) is 0 Å². The Morgan fingerprint density at radius 3 is 2.75 bits per heavy atom. The van der Waals surface area contributed by atoms with E-state index in [9.17, 15) is 13.2 Å². The fraction of sp³-hybridized carbons (Fsp3) is 0.923. The maximum atomic E-state index is 11.9. The molecule has 0 spiro atoms. The molecule has 2 atom stereocenters. The lowest BCUT2D eigenvalue weighted by atomic mass is 10.2. The molecule has 1 heterocycles. The molecule has 0 aromatic rings. The van der Waals surface area contributed by atoms with Crippen molar-refractivity contribution in [2.45, 2.75) is 44.3 Å². The lowest BCUT2D eigenvalue weighted by Gasteiger charge is -2.26. The second-order valence-corrected chi connectivity index (χ2v) is 8.25. The predicted octanol–water partition coefficient (Wildman–Crippen LogP) is -0.638. The SMILES string of the molecule is CC(CNC(=O)CC1CS(=O)(=O)CCN1)N(C)C1CC1. The van der Waals surface area contributed by atoms with Gasteiger partial charge in [0.05, 0.1) is 11.5 Å². The Morgan fingerprint density at radius 1 is 1.45 bits per heavy atom. The summed E-state index contributed by atoms with van der Waals surface area (Å²) in [6, 6.07) is 0.742. The molecule has 2 N–H and O–H groups in total. The van der Waals surface area contributed by atoms with Crippen LogP contribution in [0.15, 0.2) is 0 Å². The zero-order valence-corrected chi connectivity index (χ0v) is 13.1. The van der Waals surface area contributed by atoms with Crippen molar-refractivity contribution >= 4 is 15.7 Å². The maximum absolute atomic E-state index is 11.9. The molecule has 6 nitrogen and oxygen atoms in total. The number of carbonyl (C=O) groups is 1. The molecule has 2 unspecified atom stereocenters. The van der Waals surface area contributed by atoms with Crippen LogP contribution in [-0.4, -0.2) is 69.0 Å². The van der Waals surface area contributed by atoms with Gasteiger partial charge in [0.2, 0.25) is 5.91 Å². The van der Waals surface area contributed by atoms with Gasteiger partial charge in [-0.15, -0.1) is 0 Å². The summed E-state index contributed by atoms with van der Waals surface area (Å²) in [5, 5.41) is 6.00. The van der Waals surface area contributed by atoms with Crippen LogP contribution >= 0.6 is 0 Å². The zero-order valence-electron chi connectivity index (χ0n) is 12.3. The van der Waals surface area contributed by atoms with Crippen molar-refractivity contribution in [3.8, 4) is 0 Å². The maximum Gasteiger partial charge on any atom is 0.221 e. The van der Waals surface area contributed by atoms with Crippen LogP contribution in [0, 0.1) is 0 Å². The van der Waals surface area contributed by atoms with E-state index in [0.717, 1.165) is 0 Å². The van der Waals surface area contributed by atoms with Crippen molar-refractivity contribution in [3.05, 3.63) is 0 Å². The lowest BCUT2D eigenvalue weighted by molar-refractivity contribution is -0.121. The van der Waals surface area contributed by atoms with Crippen molar-refractivity contribution in [3.63, 3.8) is 0 Å². The highest BCUT2D eigenvalue weighted by atomic mass is 32.2. The Kier molecular flexibility index (Phi) is 5.04. The van der Waals surface area contributed by atoms with Gasteiger partial charge in [0.1, 0.15) is 0 Å². The molecule has 1 aliphatic heterocycles. The first-order valence-electron chi connectivity index (χ1n) is 7.30. The van der Waals surface area contributed by atoms with Gasteiger partial charge in [0, 0.05) is 37.6 Å². The molecule has 0 bridgehead atoms. The van der Waals surface area contributed by atoms with Gasteiger partial charge in [-0.3, -0.25) is 9.69 Å². The van der Waals surface area contributed by atoms with E-state index < -0.39 is 9.84 Å². The van der Waals surface area contributed by atoms with Gasteiger partial charge in [0.25, 0.3) is 0 Å². The van der Waals surface area contributed by atoms with Crippen LogP contribution in [0.3, 0.4) is 0 Å². The number of nitrogens with one attached hydrogen (secondary N) is 2. The van der Waals surface area contributed by atoms with Gasteiger partial charge in [0.15, 0.2) is 9.84 Å². The summed E-state index contributed by atoms with van der Waals surface area (Å²) in [5.74, 6) is 0.169. The Hall–Kier alpha value is -0.660. The molecule has 1 saturated heterocycles. The van der Waals surface area contributed by atoms with Crippen molar-refractivity contribution in [1.82, 2.24) is 15.5 Å². The van der Waals surface area contributed by atoms with Gasteiger partial charge in [-0.2, -0.15) is 0 Å². The van der Waals surface area contributed by atoms with Crippen molar-refractivity contribution in [2.75, 3.05) is 31.6 Å². The molecule has 2 rings (SSSR count). The summed E-state index contributed by atoms with van der Waals surface area (Å²) in [4.78, 5) is 14.2. The van der Waals surface area contributed by atoms with E-state index in [1.807, 2.05) is 0 Å². The summed E-state index contributed by atoms with van der Waals surface area (Å²) < 4.78 is 23.0. The molecule has 2 aliphatic rings. The third kappa shape index (κ3) is 4.71. The zero-order chi connectivity index (χ0) is 14.8. The molecule has 20 heavy (non-hydrogen) atoms. The Bertz CT molecular complexity index is 448. The molecule has 0 aromatic heterocycles. The van der Waals surface area contributed by atoms with E-state index in [4.69, 9.17) is 0 Å². The topological polar surface area (TPSA) is 78.5 Å². The van der Waals surface area contributed by atoms with Crippen LogP contribution in [0.4, 0.5) is 0 Å². The number of hydrogen-bond acceptors (Lipinski definition) is 5. The second-order valence-electron chi connectivity index (χ2n) is 6.02. The first-order valence-corrected chi connectivity index (χ1v) is 9.12. The number of carbonyl (C=O) groups excluding carboxylic acids is 1.